The molecule has 2 aliphatic rings. The molecular weight excluding hydrogens is 230 g/mol. The van der Waals surface area contributed by atoms with Gasteiger partial charge in [-0.1, -0.05) is 0 Å². The molecule has 0 radical (unpaired) electrons. The maximum absolute atomic E-state index is 11.7. The number of carboxylic acid groups (broad SMARTS) is 2. The zero-order valence-corrected chi connectivity index (χ0v) is 8.99. The lowest BCUT2D eigenvalue weighted by Crippen LogP contribution is -2.32. The van der Waals surface area contributed by atoms with E-state index in [1.807, 2.05) is 0 Å². The van der Waals surface area contributed by atoms with Crippen LogP contribution in [-0.2, 0) is 19.2 Å². The third kappa shape index (κ3) is 1.42. The van der Waals surface area contributed by atoms with Gasteiger partial charge in [-0.05, 0) is 6.42 Å². The van der Waals surface area contributed by atoms with E-state index in [4.69, 9.17) is 10.2 Å². The number of imide groups is 1. The second-order valence-corrected chi connectivity index (χ2v) is 4.41. The van der Waals surface area contributed by atoms with Crippen molar-refractivity contribution in [2.24, 2.45) is 23.7 Å². The summed E-state index contributed by atoms with van der Waals surface area (Å²) in [5.74, 6) is -7.82. The van der Waals surface area contributed by atoms with E-state index in [9.17, 15) is 19.2 Å². The number of hydrogen-bond donors (Lipinski definition) is 2. The first-order chi connectivity index (χ1) is 7.86. The summed E-state index contributed by atoms with van der Waals surface area (Å²) in [6.45, 7) is 0. The highest BCUT2D eigenvalue weighted by Crippen LogP contribution is 2.47. The highest BCUT2D eigenvalue weighted by molar-refractivity contribution is 6.08. The van der Waals surface area contributed by atoms with Crippen LogP contribution in [0.3, 0.4) is 0 Å². The van der Waals surface area contributed by atoms with Crippen LogP contribution in [-0.4, -0.2) is 45.9 Å². The zero-order valence-electron chi connectivity index (χ0n) is 8.99. The molecule has 92 valence electrons. The topological polar surface area (TPSA) is 112 Å². The highest BCUT2D eigenvalue weighted by Gasteiger charge is 2.61. The van der Waals surface area contributed by atoms with Crippen molar-refractivity contribution in [2.45, 2.75) is 6.42 Å². The van der Waals surface area contributed by atoms with Crippen LogP contribution < -0.4 is 0 Å². The zero-order chi connectivity index (χ0) is 12.9. The minimum atomic E-state index is -1.22. The Labute approximate surface area is 96.0 Å². The van der Waals surface area contributed by atoms with E-state index in [0.29, 0.717) is 0 Å². The standard InChI is InChI=1S/C10H11NO6/c1-11-7(12)5-3(9(14)15)2-4(10(16)17)6(5)8(11)13/h3-6H,2H2,1H3,(H,14,15)(H,16,17). The molecule has 2 rings (SSSR count). The van der Waals surface area contributed by atoms with E-state index in [0.717, 1.165) is 4.90 Å². The number of carbonyl (C=O) groups excluding carboxylic acids is 2. The van der Waals surface area contributed by atoms with E-state index >= 15 is 0 Å². The van der Waals surface area contributed by atoms with Crippen molar-refractivity contribution in [3.05, 3.63) is 0 Å². The van der Waals surface area contributed by atoms with Gasteiger partial charge in [-0.3, -0.25) is 24.1 Å². The van der Waals surface area contributed by atoms with Crippen LogP contribution >= 0.6 is 0 Å². The molecule has 4 unspecified atom stereocenters. The van der Waals surface area contributed by atoms with Crippen molar-refractivity contribution in [3.63, 3.8) is 0 Å². The fourth-order valence-electron chi connectivity index (χ4n) is 2.78. The normalized spacial score (nSPS) is 36.2. The Balaban J connectivity index is 2.43. The summed E-state index contributed by atoms with van der Waals surface area (Å²) in [7, 11) is 1.25. The highest BCUT2D eigenvalue weighted by atomic mass is 16.4. The van der Waals surface area contributed by atoms with Crippen LogP contribution in [0.4, 0.5) is 0 Å². The van der Waals surface area contributed by atoms with Crippen LogP contribution in [0.5, 0.6) is 0 Å². The average molecular weight is 241 g/mol. The van der Waals surface area contributed by atoms with Gasteiger partial charge >= 0.3 is 11.9 Å². The summed E-state index contributed by atoms with van der Waals surface area (Å²) in [5, 5.41) is 18.0. The second-order valence-electron chi connectivity index (χ2n) is 4.41. The first-order valence-corrected chi connectivity index (χ1v) is 5.13. The van der Waals surface area contributed by atoms with Crippen molar-refractivity contribution in [1.82, 2.24) is 4.90 Å². The largest absolute Gasteiger partial charge is 0.481 e. The number of nitrogens with zero attached hydrogens (tertiary/aromatic N) is 1. The number of hydrogen-bond acceptors (Lipinski definition) is 4. The fraction of sp³-hybridized carbons (Fsp3) is 0.600. The SMILES string of the molecule is CN1C(=O)C2C(C(=O)O)CC(C(=O)O)C2C1=O. The van der Waals surface area contributed by atoms with Gasteiger partial charge in [0.15, 0.2) is 0 Å². The number of aliphatic carboxylic acids is 2. The Hall–Kier alpha value is -1.92. The molecule has 2 fully saturated rings. The average Bonchev–Trinajstić information content (AvgIpc) is 2.73. The molecule has 0 spiro atoms. The van der Waals surface area contributed by atoms with E-state index in [1.165, 1.54) is 7.05 Å². The maximum Gasteiger partial charge on any atom is 0.307 e. The van der Waals surface area contributed by atoms with Crippen LogP contribution in [0.25, 0.3) is 0 Å². The molecule has 1 aliphatic heterocycles. The molecule has 2 amide bonds. The summed E-state index contributed by atoms with van der Waals surface area (Å²) in [5.41, 5.74) is 0. The molecule has 0 aromatic rings. The van der Waals surface area contributed by atoms with Crippen LogP contribution in [0.1, 0.15) is 6.42 Å². The van der Waals surface area contributed by atoms with Crippen LogP contribution in [0.15, 0.2) is 0 Å². The van der Waals surface area contributed by atoms with Crippen molar-refractivity contribution in [2.75, 3.05) is 7.05 Å². The van der Waals surface area contributed by atoms with Gasteiger partial charge in [0.2, 0.25) is 11.8 Å². The van der Waals surface area contributed by atoms with Crippen molar-refractivity contribution in [1.29, 1.82) is 0 Å². The lowest BCUT2D eigenvalue weighted by molar-refractivity contribution is -0.149. The number of carboxylic acids is 2. The van der Waals surface area contributed by atoms with Crippen molar-refractivity contribution in [3.8, 4) is 0 Å². The van der Waals surface area contributed by atoms with Gasteiger partial charge in [-0.25, -0.2) is 0 Å². The van der Waals surface area contributed by atoms with Gasteiger partial charge in [-0.2, -0.15) is 0 Å². The molecule has 0 aromatic carbocycles. The third-order valence-electron chi connectivity index (χ3n) is 3.63. The molecule has 0 bridgehead atoms. The monoisotopic (exact) mass is 241 g/mol. The summed E-state index contributed by atoms with van der Waals surface area (Å²) >= 11 is 0. The molecule has 0 aromatic heterocycles. The quantitative estimate of drug-likeness (QED) is 0.601. The Morgan fingerprint density at radius 3 is 1.71 bits per heavy atom. The first kappa shape index (κ1) is 11.6. The molecule has 1 aliphatic carbocycles. The minimum Gasteiger partial charge on any atom is -0.481 e. The fourth-order valence-corrected chi connectivity index (χ4v) is 2.78. The van der Waals surface area contributed by atoms with E-state index in [1.54, 1.807) is 0 Å². The molecule has 1 saturated carbocycles. The summed E-state index contributed by atoms with van der Waals surface area (Å²) in [4.78, 5) is 46.3. The molecule has 17 heavy (non-hydrogen) atoms. The predicted molar refractivity (Wildman–Crippen MR) is 51.6 cm³/mol. The molecule has 7 heteroatoms. The molecule has 1 heterocycles. The van der Waals surface area contributed by atoms with Gasteiger partial charge in [-0.15, -0.1) is 0 Å². The van der Waals surface area contributed by atoms with E-state index < -0.39 is 47.4 Å². The number of likely N-dealkylation sites (tertiary alicyclic amines) is 1. The molecule has 7 nitrogen and oxygen atoms in total. The van der Waals surface area contributed by atoms with Gasteiger partial charge in [0, 0.05) is 7.05 Å². The minimum absolute atomic E-state index is 0.161. The lowest BCUT2D eigenvalue weighted by atomic mass is 9.89. The van der Waals surface area contributed by atoms with Crippen LogP contribution in [0.2, 0.25) is 0 Å². The summed E-state index contributed by atoms with van der Waals surface area (Å²) < 4.78 is 0. The van der Waals surface area contributed by atoms with Gasteiger partial charge in [0.25, 0.3) is 0 Å². The number of carbonyl (C=O) groups is 4. The number of rotatable bonds is 2. The van der Waals surface area contributed by atoms with Gasteiger partial charge < -0.3 is 10.2 Å². The third-order valence-corrected chi connectivity index (χ3v) is 3.63. The lowest BCUT2D eigenvalue weighted by Gasteiger charge is -2.13. The Morgan fingerprint density at radius 2 is 1.41 bits per heavy atom. The van der Waals surface area contributed by atoms with Gasteiger partial charge in [0.1, 0.15) is 0 Å². The first-order valence-electron chi connectivity index (χ1n) is 5.13. The summed E-state index contributed by atoms with van der Waals surface area (Å²) in [6.07, 6.45) is -0.161. The Bertz CT molecular complexity index is 393. The number of amides is 2. The molecule has 1 saturated heterocycles. The van der Waals surface area contributed by atoms with E-state index in [-0.39, 0.29) is 6.42 Å². The Morgan fingerprint density at radius 1 is 1.06 bits per heavy atom. The molecular formula is C10H11NO6. The van der Waals surface area contributed by atoms with E-state index in [2.05, 4.69) is 0 Å². The predicted octanol–water partition coefficient (Wildman–Crippen LogP) is -0.977. The van der Waals surface area contributed by atoms with Crippen molar-refractivity contribution < 1.29 is 29.4 Å². The smallest absolute Gasteiger partial charge is 0.307 e. The van der Waals surface area contributed by atoms with Crippen molar-refractivity contribution >= 4 is 23.8 Å². The second kappa shape index (κ2) is 3.54. The van der Waals surface area contributed by atoms with Crippen LogP contribution in [0, 0.1) is 23.7 Å². The number of fused-ring (bicyclic) bond motifs is 1. The molecule has 2 N–H and O–H groups in total. The van der Waals surface area contributed by atoms with Gasteiger partial charge in [0.05, 0.1) is 23.7 Å². The summed E-state index contributed by atoms with van der Waals surface area (Å²) in [6, 6.07) is 0. The maximum atomic E-state index is 11.7. The Kier molecular flexibility index (Phi) is 2.41. The molecule has 4 atom stereocenters.